The lowest BCUT2D eigenvalue weighted by atomic mass is 10.2. The van der Waals surface area contributed by atoms with Crippen molar-refractivity contribution in [2.75, 3.05) is 13.0 Å². The molecule has 82 valence electrons. The summed E-state index contributed by atoms with van der Waals surface area (Å²) in [6, 6.07) is 7.26. The Labute approximate surface area is 98.5 Å². The third-order valence-corrected chi connectivity index (χ3v) is 2.48. The minimum absolute atomic E-state index is 0.113. The van der Waals surface area contributed by atoms with E-state index in [1.807, 2.05) is 18.2 Å². The predicted molar refractivity (Wildman–Crippen MR) is 59.7 cm³/mol. The fraction of sp³-hybridized carbons (Fsp3) is 0.300. The Balaban J connectivity index is 2.75. The summed E-state index contributed by atoms with van der Waals surface area (Å²) in [7, 11) is 1.42. The van der Waals surface area contributed by atoms with Gasteiger partial charge in [-0.25, -0.2) is 5.06 Å². The van der Waals surface area contributed by atoms with Crippen LogP contribution in [0.5, 0.6) is 0 Å². The van der Waals surface area contributed by atoms with Gasteiger partial charge < -0.3 is 0 Å². The fourth-order valence-corrected chi connectivity index (χ4v) is 1.43. The summed E-state index contributed by atoms with van der Waals surface area (Å²) >= 11 is 11.4. The molecule has 15 heavy (non-hydrogen) atoms. The smallest absolute Gasteiger partial charge is 0.261 e. The van der Waals surface area contributed by atoms with Crippen LogP contribution in [0.4, 0.5) is 0 Å². The van der Waals surface area contributed by atoms with E-state index in [1.54, 1.807) is 6.07 Å². The average Bonchev–Trinajstić information content (AvgIpc) is 2.27. The molecule has 0 atom stereocenters. The highest BCUT2D eigenvalue weighted by Crippen LogP contribution is 2.17. The van der Waals surface area contributed by atoms with Gasteiger partial charge in [0.1, 0.15) is 5.88 Å². The van der Waals surface area contributed by atoms with Crippen molar-refractivity contribution in [1.82, 2.24) is 5.06 Å². The molecule has 0 fully saturated rings. The molecule has 0 aliphatic carbocycles. The largest absolute Gasteiger partial charge is 0.274 e. The quantitative estimate of drug-likeness (QED) is 0.605. The van der Waals surface area contributed by atoms with Crippen molar-refractivity contribution < 1.29 is 9.63 Å². The lowest BCUT2D eigenvalue weighted by Gasteiger charge is -2.19. The van der Waals surface area contributed by atoms with Crippen LogP contribution in [0, 0.1) is 0 Å². The number of amides is 1. The molecule has 0 heterocycles. The van der Waals surface area contributed by atoms with E-state index < -0.39 is 0 Å². The van der Waals surface area contributed by atoms with Gasteiger partial charge in [0.25, 0.3) is 5.91 Å². The Hall–Kier alpha value is -0.770. The first kappa shape index (κ1) is 12.3. The van der Waals surface area contributed by atoms with Gasteiger partial charge in [0.15, 0.2) is 0 Å². The van der Waals surface area contributed by atoms with Crippen LogP contribution in [0.3, 0.4) is 0 Å². The van der Waals surface area contributed by atoms with Crippen LogP contribution < -0.4 is 0 Å². The summed E-state index contributed by atoms with van der Waals surface area (Å²) in [6.07, 6.45) is 0. The van der Waals surface area contributed by atoms with Crippen molar-refractivity contribution in [2.45, 2.75) is 6.54 Å². The van der Waals surface area contributed by atoms with E-state index in [9.17, 15) is 4.79 Å². The molecular weight excluding hydrogens is 237 g/mol. The number of carbonyl (C=O) groups is 1. The molecule has 0 aromatic heterocycles. The maximum atomic E-state index is 11.3. The van der Waals surface area contributed by atoms with Gasteiger partial charge in [0.05, 0.1) is 13.7 Å². The number of alkyl halides is 1. The van der Waals surface area contributed by atoms with E-state index in [1.165, 1.54) is 12.2 Å². The number of nitrogens with zero attached hydrogens (tertiary/aromatic N) is 1. The van der Waals surface area contributed by atoms with E-state index in [-0.39, 0.29) is 11.8 Å². The van der Waals surface area contributed by atoms with Crippen LogP contribution in [-0.4, -0.2) is 24.0 Å². The number of benzene rings is 1. The molecule has 0 unspecified atom stereocenters. The number of hydrogen-bond donors (Lipinski definition) is 0. The summed E-state index contributed by atoms with van der Waals surface area (Å²) in [4.78, 5) is 16.2. The summed E-state index contributed by atoms with van der Waals surface area (Å²) in [5.41, 5.74) is 0.819. The summed E-state index contributed by atoms with van der Waals surface area (Å²) in [5.74, 6) is -0.405. The first-order valence-corrected chi connectivity index (χ1v) is 5.24. The molecule has 0 aliphatic rings. The van der Waals surface area contributed by atoms with E-state index in [2.05, 4.69) is 0 Å². The van der Waals surface area contributed by atoms with Crippen LogP contribution in [0.25, 0.3) is 0 Å². The van der Waals surface area contributed by atoms with Gasteiger partial charge in [-0.3, -0.25) is 9.63 Å². The van der Waals surface area contributed by atoms with Crippen molar-refractivity contribution >= 4 is 29.1 Å². The third kappa shape index (κ3) is 3.38. The SMILES string of the molecule is CON(Cc1ccccc1Cl)C(=O)CCl. The van der Waals surface area contributed by atoms with Crippen molar-refractivity contribution in [3.05, 3.63) is 34.9 Å². The van der Waals surface area contributed by atoms with Crippen molar-refractivity contribution in [1.29, 1.82) is 0 Å². The van der Waals surface area contributed by atoms with Gasteiger partial charge in [-0.1, -0.05) is 29.8 Å². The molecule has 0 bridgehead atoms. The topological polar surface area (TPSA) is 29.5 Å². The minimum Gasteiger partial charge on any atom is -0.274 e. The Morgan fingerprint density at radius 3 is 2.67 bits per heavy atom. The van der Waals surface area contributed by atoms with Crippen molar-refractivity contribution in [3.8, 4) is 0 Å². The molecule has 0 spiro atoms. The molecule has 0 aliphatic heterocycles. The van der Waals surface area contributed by atoms with Gasteiger partial charge in [-0.2, -0.15) is 0 Å². The number of carbonyl (C=O) groups excluding carboxylic acids is 1. The normalized spacial score (nSPS) is 10.1. The maximum absolute atomic E-state index is 11.3. The van der Waals surface area contributed by atoms with Gasteiger partial charge in [-0.05, 0) is 11.6 Å². The molecule has 5 heteroatoms. The second-order valence-corrected chi connectivity index (χ2v) is 3.51. The van der Waals surface area contributed by atoms with Crippen LogP contribution >= 0.6 is 23.2 Å². The minimum atomic E-state index is -0.293. The second kappa shape index (κ2) is 5.95. The first-order chi connectivity index (χ1) is 7.19. The highest BCUT2D eigenvalue weighted by atomic mass is 35.5. The molecule has 1 aromatic rings. The number of halogens is 2. The van der Waals surface area contributed by atoms with E-state index in [4.69, 9.17) is 28.0 Å². The molecule has 1 aromatic carbocycles. The standard InChI is InChI=1S/C10H11Cl2NO2/c1-15-13(10(14)6-11)7-8-4-2-3-5-9(8)12/h2-5H,6-7H2,1H3. The van der Waals surface area contributed by atoms with Gasteiger partial charge >= 0.3 is 0 Å². The molecule has 1 amide bonds. The summed E-state index contributed by atoms with van der Waals surface area (Å²) in [5, 5.41) is 1.77. The monoisotopic (exact) mass is 247 g/mol. The average molecular weight is 248 g/mol. The highest BCUT2D eigenvalue weighted by molar-refractivity contribution is 6.31. The molecule has 1 rings (SSSR count). The van der Waals surface area contributed by atoms with Crippen LogP contribution in [0.15, 0.2) is 24.3 Å². The van der Waals surface area contributed by atoms with Crippen molar-refractivity contribution in [3.63, 3.8) is 0 Å². The summed E-state index contributed by atoms with van der Waals surface area (Å²) in [6.45, 7) is 0.293. The fourth-order valence-electron chi connectivity index (χ4n) is 1.10. The van der Waals surface area contributed by atoms with Crippen LogP contribution in [-0.2, 0) is 16.2 Å². The zero-order chi connectivity index (χ0) is 11.3. The molecule has 0 saturated carbocycles. The number of hydroxylamine groups is 2. The van der Waals surface area contributed by atoms with E-state index >= 15 is 0 Å². The van der Waals surface area contributed by atoms with E-state index in [0.717, 1.165) is 5.56 Å². The first-order valence-electron chi connectivity index (χ1n) is 4.33. The molecule has 0 radical (unpaired) electrons. The maximum Gasteiger partial charge on any atom is 0.261 e. The van der Waals surface area contributed by atoms with E-state index in [0.29, 0.717) is 11.6 Å². The lowest BCUT2D eigenvalue weighted by Crippen LogP contribution is -2.30. The highest BCUT2D eigenvalue weighted by Gasteiger charge is 2.13. The Kier molecular flexibility index (Phi) is 4.88. The molecular formula is C10H11Cl2NO2. The lowest BCUT2D eigenvalue weighted by molar-refractivity contribution is -0.176. The molecule has 3 nitrogen and oxygen atoms in total. The zero-order valence-electron chi connectivity index (χ0n) is 8.24. The Morgan fingerprint density at radius 1 is 1.47 bits per heavy atom. The predicted octanol–water partition coefficient (Wildman–Crippen LogP) is 2.47. The Bertz CT molecular complexity index is 344. The van der Waals surface area contributed by atoms with Crippen molar-refractivity contribution in [2.24, 2.45) is 0 Å². The second-order valence-electron chi connectivity index (χ2n) is 2.84. The van der Waals surface area contributed by atoms with Gasteiger partial charge in [-0.15, -0.1) is 11.6 Å². The third-order valence-electron chi connectivity index (χ3n) is 1.88. The Morgan fingerprint density at radius 2 is 2.13 bits per heavy atom. The molecule has 0 N–H and O–H groups in total. The van der Waals surface area contributed by atoms with Gasteiger partial charge in [0, 0.05) is 5.02 Å². The zero-order valence-corrected chi connectivity index (χ0v) is 9.76. The number of rotatable bonds is 4. The molecule has 0 saturated heterocycles. The summed E-state index contributed by atoms with van der Waals surface area (Å²) < 4.78 is 0. The van der Waals surface area contributed by atoms with Gasteiger partial charge in [0.2, 0.25) is 0 Å². The van der Waals surface area contributed by atoms with Crippen LogP contribution in [0.1, 0.15) is 5.56 Å². The number of hydrogen-bond acceptors (Lipinski definition) is 2. The van der Waals surface area contributed by atoms with Crippen LogP contribution in [0.2, 0.25) is 5.02 Å².